The fourth-order valence-electron chi connectivity index (χ4n) is 6.04. The lowest BCUT2D eigenvalue weighted by molar-refractivity contribution is -0.314. The van der Waals surface area contributed by atoms with E-state index in [4.69, 9.17) is 47.6 Å². The number of carbonyl (C=O) groups is 1. The minimum absolute atomic E-state index is 0.00921. The van der Waals surface area contributed by atoms with Gasteiger partial charge in [0.25, 0.3) is 5.91 Å². The summed E-state index contributed by atoms with van der Waals surface area (Å²) in [6, 6.07) is -4.32. The number of hydrogen-bond donors (Lipinski definition) is 13. The first-order chi connectivity index (χ1) is 20.8. The summed E-state index contributed by atoms with van der Waals surface area (Å²) >= 11 is 0. The second-order valence-electron chi connectivity index (χ2n) is 12.4. The quantitative estimate of drug-likeness (QED) is 0.0891. The average Bonchev–Trinajstić information content (AvgIpc) is 3.63. The lowest BCUT2D eigenvalue weighted by Gasteiger charge is -2.48. The van der Waals surface area contributed by atoms with Crippen LogP contribution < -0.4 is 39.3 Å². The summed E-state index contributed by atoms with van der Waals surface area (Å²) < 4.78 is 23.9. The molecule has 0 radical (unpaired) electrons. The summed E-state index contributed by atoms with van der Waals surface area (Å²) in [7, 11) is 0. The van der Waals surface area contributed by atoms with Crippen LogP contribution in [0.1, 0.15) is 32.1 Å². The molecule has 256 valence electrons. The van der Waals surface area contributed by atoms with Crippen molar-refractivity contribution in [2.45, 2.75) is 129 Å². The molecule has 18 nitrogen and oxygen atoms in total. The van der Waals surface area contributed by atoms with Gasteiger partial charge in [-0.3, -0.25) is 4.79 Å². The number of nitrogens with two attached hydrogens (primary N) is 5. The number of amides is 1. The Kier molecular flexibility index (Phi) is 12.3. The highest BCUT2D eigenvalue weighted by Crippen LogP contribution is 2.36. The third kappa shape index (κ3) is 7.85. The van der Waals surface area contributed by atoms with Gasteiger partial charge in [0, 0.05) is 31.6 Å². The Bertz CT molecular complexity index is 943. The molecule has 0 bridgehead atoms. The van der Waals surface area contributed by atoms with Gasteiger partial charge < -0.3 is 88.9 Å². The second kappa shape index (κ2) is 15.2. The van der Waals surface area contributed by atoms with Gasteiger partial charge in [-0.05, 0) is 32.2 Å². The Labute approximate surface area is 255 Å². The van der Waals surface area contributed by atoms with E-state index in [1.807, 2.05) is 0 Å². The fraction of sp³-hybridized carbons (Fsp3) is 0.962. The van der Waals surface area contributed by atoms with Gasteiger partial charge in [-0.1, -0.05) is 0 Å². The number of ether oxygens (including phenoxy) is 4. The summed E-state index contributed by atoms with van der Waals surface area (Å²) in [4.78, 5) is 12.9. The third-order valence-corrected chi connectivity index (χ3v) is 9.06. The molecule has 2 aliphatic carbocycles. The second-order valence-corrected chi connectivity index (χ2v) is 12.4. The van der Waals surface area contributed by atoms with Crippen molar-refractivity contribution in [1.29, 1.82) is 0 Å². The molecule has 0 spiro atoms. The zero-order valence-electron chi connectivity index (χ0n) is 24.6. The molecule has 0 aromatic rings. The van der Waals surface area contributed by atoms with Crippen molar-refractivity contribution >= 4 is 5.91 Å². The van der Waals surface area contributed by atoms with Crippen molar-refractivity contribution in [2.75, 3.05) is 26.2 Å². The van der Waals surface area contributed by atoms with Gasteiger partial charge in [0.1, 0.15) is 36.6 Å². The molecule has 0 aromatic carbocycles. The zero-order valence-corrected chi connectivity index (χ0v) is 24.6. The van der Waals surface area contributed by atoms with Gasteiger partial charge in [-0.2, -0.15) is 0 Å². The van der Waals surface area contributed by atoms with Crippen molar-refractivity contribution in [3.8, 4) is 0 Å². The average molecular weight is 638 g/mol. The van der Waals surface area contributed by atoms with E-state index in [-0.39, 0.29) is 32.0 Å². The van der Waals surface area contributed by atoms with Gasteiger partial charge in [0.05, 0.1) is 36.9 Å². The lowest BCUT2D eigenvalue weighted by atomic mass is 9.83. The van der Waals surface area contributed by atoms with Crippen LogP contribution in [-0.2, 0) is 23.7 Å². The topological polar surface area (TPSA) is 330 Å². The van der Waals surface area contributed by atoms with Crippen molar-refractivity contribution in [1.82, 2.24) is 10.6 Å². The first-order valence-corrected chi connectivity index (χ1v) is 15.2. The van der Waals surface area contributed by atoms with E-state index in [9.17, 15) is 35.4 Å². The van der Waals surface area contributed by atoms with Crippen molar-refractivity contribution in [2.24, 2.45) is 28.7 Å². The largest absolute Gasteiger partial charge is 0.394 e. The number of aliphatic hydroxyl groups excluding tert-OH is 5. The monoisotopic (exact) mass is 637 g/mol. The minimum Gasteiger partial charge on any atom is -0.394 e. The summed E-state index contributed by atoms with van der Waals surface area (Å²) in [5.41, 5.74) is 27.8. The standard InChI is InChI=1S/C26H51N7O11/c27-4-3-10(35)8-32-13-2-1-11(7-28)41-23(13)43-21-12(29)5-14(33-25(39)26(40)6-16(26)30)22(20(21)38)44-24-19(37)17(31)18(36)15(9-34)42-24/h10-24,32,34-38,40H,1-9,27-31H2,(H,33,39)/t10?,11-,12-,13+,14+,15+,16?,17-,18+,19+,20-,21?,22-,23+,24+,26?/m0/s1. The van der Waals surface area contributed by atoms with E-state index in [0.29, 0.717) is 25.8 Å². The van der Waals surface area contributed by atoms with Crippen LogP contribution >= 0.6 is 0 Å². The van der Waals surface area contributed by atoms with Crippen molar-refractivity contribution in [3.63, 3.8) is 0 Å². The number of hydrogen-bond acceptors (Lipinski definition) is 17. The van der Waals surface area contributed by atoms with Crippen LogP contribution in [0, 0.1) is 0 Å². The number of rotatable bonds is 13. The molecule has 2 heterocycles. The molecule has 1 amide bonds. The van der Waals surface area contributed by atoms with E-state index in [0.717, 1.165) is 0 Å². The SMILES string of the molecule is NCCC(O)CN[C@@H]1CC[C@@H](CN)O[C@@H]1OC1[C@@H](N)C[C@@H](NC(=O)C2(O)CC2N)[C@H](O[C@H]2O[C@H](CO)[C@@H](O)[C@H](N)[C@H]2O)[C@H]1O. The zero-order chi connectivity index (χ0) is 32.3. The minimum atomic E-state index is -1.79. The molecule has 18 N–H and O–H groups in total. The van der Waals surface area contributed by atoms with Gasteiger partial charge in [-0.15, -0.1) is 0 Å². The normalized spacial score (nSPS) is 46.8. The number of nitrogens with one attached hydrogen (secondary N) is 2. The van der Waals surface area contributed by atoms with E-state index < -0.39 is 104 Å². The Balaban J connectivity index is 1.54. The van der Waals surface area contributed by atoms with Crippen LogP contribution in [0.15, 0.2) is 0 Å². The molecule has 2 saturated carbocycles. The molecule has 4 rings (SSSR count). The predicted octanol–water partition coefficient (Wildman–Crippen LogP) is -7.31. The summed E-state index contributed by atoms with van der Waals surface area (Å²) in [6.45, 7) is 0.123. The smallest absolute Gasteiger partial charge is 0.253 e. The molecule has 2 aliphatic heterocycles. The first kappa shape index (κ1) is 35.7. The summed E-state index contributed by atoms with van der Waals surface area (Å²) in [5.74, 6) is -0.783. The van der Waals surface area contributed by atoms with E-state index in [2.05, 4.69) is 10.6 Å². The Morgan fingerprint density at radius 1 is 0.977 bits per heavy atom. The molecule has 4 fully saturated rings. The summed E-state index contributed by atoms with van der Waals surface area (Å²) in [6.07, 6.45) is -10.1. The van der Waals surface area contributed by atoms with Crippen LogP contribution in [-0.4, -0.2) is 160 Å². The first-order valence-electron chi connectivity index (χ1n) is 15.2. The molecule has 44 heavy (non-hydrogen) atoms. The number of aliphatic hydroxyl groups is 6. The van der Waals surface area contributed by atoms with E-state index in [1.54, 1.807) is 0 Å². The molecular formula is C26H51N7O11. The summed E-state index contributed by atoms with van der Waals surface area (Å²) in [5, 5.41) is 68.8. The van der Waals surface area contributed by atoms with Gasteiger partial charge >= 0.3 is 0 Å². The van der Waals surface area contributed by atoms with Crippen LogP contribution in [0.25, 0.3) is 0 Å². The highest BCUT2D eigenvalue weighted by molar-refractivity contribution is 5.89. The Hall–Kier alpha value is -1.17. The fourth-order valence-corrected chi connectivity index (χ4v) is 6.04. The van der Waals surface area contributed by atoms with E-state index in [1.165, 1.54) is 0 Å². The lowest BCUT2D eigenvalue weighted by Crippen LogP contribution is -2.69. The number of carbonyl (C=O) groups excluding carboxylic acids is 1. The van der Waals surface area contributed by atoms with Gasteiger partial charge in [0.2, 0.25) is 0 Å². The van der Waals surface area contributed by atoms with Crippen LogP contribution in [0.5, 0.6) is 0 Å². The van der Waals surface area contributed by atoms with Crippen LogP contribution in [0.3, 0.4) is 0 Å². The van der Waals surface area contributed by atoms with Crippen LogP contribution in [0.4, 0.5) is 0 Å². The van der Waals surface area contributed by atoms with Crippen molar-refractivity contribution in [3.05, 3.63) is 0 Å². The maximum Gasteiger partial charge on any atom is 0.253 e. The Morgan fingerprint density at radius 3 is 2.27 bits per heavy atom. The van der Waals surface area contributed by atoms with Gasteiger partial charge in [-0.25, -0.2) is 0 Å². The Morgan fingerprint density at radius 2 is 1.66 bits per heavy atom. The maximum atomic E-state index is 12.9. The highest BCUT2D eigenvalue weighted by Gasteiger charge is 2.59. The predicted molar refractivity (Wildman–Crippen MR) is 152 cm³/mol. The third-order valence-electron chi connectivity index (χ3n) is 9.06. The van der Waals surface area contributed by atoms with Crippen molar-refractivity contribution < 1.29 is 54.4 Å². The molecule has 4 unspecified atom stereocenters. The molecule has 4 aliphatic rings. The molecule has 18 heteroatoms. The van der Waals surface area contributed by atoms with Crippen LogP contribution in [0.2, 0.25) is 0 Å². The molecular weight excluding hydrogens is 586 g/mol. The molecule has 0 aromatic heterocycles. The van der Waals surface area contributed by atoms with E-state index >= 15 is 0 Å². The molecule has 2 saturated heterocycles. The maximum absolute atomic E-state index is 12.9. The molecule has 16 atom stereocenters. The van der Waals surface area contributed by atoms with Gasteiger partial charge in [0.15, 0.2) is 18.2 Å². The highest BCUT2D eigenvalue weighted by atomic mass is 16.7.